The molecule has 0 amide bonds. The molecule has 1 unspecified atom stereocenters. The van der Waals surface area contributed by atoms with Gasteiger partial charge >= 0.3 is 14.8 Å². The average molecular weight is 303 g/mol. The minimum Gasteiger partial charge on any atom is -0.458 e. The lowest BCUT2D eigenvalue weighted by molar-refractivity contribution is -0.143. The average Bonchev–Trinajstić information content (AvgIpc) is 2.89. The van der Waals surface area contributed by atoms with Gasteiger partial charge in [0, 0.05) is 39.9 Å². The summed E-state index contributed by atoms with van der Waals surface area (Å²) in [6.07, 6.45) is -0.00621. The van der Waals surface area contributed by atoms with E-state index in [0.29, 0.717) is 18.5 Å². The molecule has 1 aliphatic rings. The second-order valence-electron chi connectivity index (χ2n) is 4.54. The molecule has 0 saturated carbocycles. The largest absolute Gasteiger partial charge is 0.575 e. The predicted molar refractivity (Wildman–Crippen MR) is 72.9 cm³/mol. The quantitative estimate of drug-likeness (QED) is 0.397. The summed E-state index contributed by atoms with van der Waals surface area (Å²) < 4.78 is 20.7. The molecular weight excluding hydrogens is 282 g/mol. The molecule has 1 fully saturated rings. The fraction of sp³-hybridized carbons (Fsp3) is 0.667. The Morgan fingerprint density at radius 2 is 1.75 bits per heavy atom. The highest BCUT2D eigenvalue weighted by atomic mass is 28.4. The van der Waals surface area contributed by atoms with Crippen LogP contribution < -0.4 is 5.32 Å². The van der Waals surface area contributed by atoms with E-state index in [9.17, 15) is 9.59 Å². The van der Waals surface area contributed by atoms with Crippen molar-refractivity contribution in [3.05, 3.63) is 12.2 Å². The van der Waals surface area contributed by atoms with E-state index in [1.165, 1.54) is 21.3 Å². The standard InChI is InChI=1S/C12H21NO6Si/c1-8(2)11(14)19-9-6-10(13-7-9)12(15)20(16-3,17-4)18-5/h9-10,13H,1,6-7H2,2-5H3/t9?,10-/m0/s1. The van der Waals surface area contributed by atoms with Crippen LogP contribution in [0.4, 0.5) is 0 Å². The summed E-state index contributed by atoms with van der Waals surface area (Å²) in [5.41, 5.74) is 0.328. The molecular formula is C12H21NO6Si. The van der Waals surface area contributed by atoms with Crippen molar-refractivity contribution in [1.82, 2.24) is 5.32 Å². The van der Waals surface area contributed by atoms with E-state index in [1.54, 1.807) is 6.92 Å². The Balaban J connectivity index is 2.65. The van der Waals surface area contributed by atoms with Gasteiger partial charge in [0.1, 0.15) is 6.10 Å². The van der Waals surface area contributed by atoms with Gasteiger partial charge in [-0.3, -0.25) is 4.79 Å². The molecule has 1 rings (SSSR count). The summed E-state index contributed by atoms with van der Waals surface area (Å²) in [5.74, 6) is -0.460. The molecule has 1 saturated heterocycles. The van der Waals surface area contributed by atoms with Crippen molar-refractivity contribution < 1.29 is 27.6 Å². The molecule has 0 aromatic heterocycles. The zero-order chi connectivity index (χ0) is 15.3. The van der Waals surface area contributed by atoms with E-state index in [2.05, 4.69) is 11.9 Å². The number of ether oxygens (including phenoxy) is 1. The maximum absolute atomic E-state index is 12.4. The highest BCUT2D eigenvalue weighted by Crippen LogP contribution is 2.18. The molecule has 8 heteroatoms. The van der Waals surface area contributed by atoms with Gasteiger partial charge < -0.3 is 23.3 Å². The van der Waals surface area contributed by atoms with Gasteiger partial charge in [-0.2, -0.15) is 0 Å². The predicted octanol–water partition coefficient (Wildman–Crippen LogP) is -0.177. The van der Waals surface area contributed by atoms with Gasteiger partial charge in [-0.1, -0.05) is 6.58 Å². The van der Waals surface area contributed by atoms with Crippen LogP contribution in [0.25, 0.3) is 0 Å². The molecule has 1 N–H and O–H groups in total. The summed E-state index contributed by atoms with van der Waals surface area (Å²) in [5, 5.41) is 2.73. The van der Waals surface area contributed by atoms with E-state index in [-0.39, 0.29) is 11.5 Å². The molecule has 0 spiro atoms. The maximum atomic E-state index is 12.4. The third kappa shape index (κ3) is 3.52. The number of rotatable bonds is 7. The normalized spacial score (nSPS) is 22.6. The summed E-state index contributed by atoms with van der Waals surface area (Å²) in [6.45, 7) is 5.49. The number of carbonyl (C=O) groups is 2. The molecule has 114 valence electrons. The summed E-state index contributed by atoms with van der Waals surface area (Å²) in [6, 6.07) is -0.510. The second kappa shape index (κ2) is 7.09. The van der Waals surface area contributed by atoms with Crippen molar-refractivity contribution in [1.29, 1.82) is 0 Å². The van der Waals surface area contributed by atoms with Crippen LogP contribution in [-0.2, 0) is 27.6 Å². The highest BCUT2D eigenvalue weighted by Gasteiger charge is 2.52. The smallest absolute Gasteiger partial charge is 0.458 e. The van der Waals surface area contributed by atoms with Gasteiger partial charge in [0.25, 0.3) is 0 Å². The van der Waals surface area contributed by atoms with Crippen molar-refractivity contribution >= 4 is 20.2 Å². The van der Waals surface area contributed by atoms with Crippen LogP contribution in [0.1, 0.15) is 13.3 Å². The Hall–Kier alpha value is -1.06. The topological polar surface area (TPSA) is 83.1 Å². The van der Waals surface area contributed by atoms with Crippen LogP contribution in [0.3, 0.4) is 0 Å². The summed E-state index contributed by atoms with van der Waals surface area (Å²) in [7, 11) is 0.802. The van der Waals surface area contributed by atoms with Crippen LogP contribution >= 0.6 is 0 Å². The number of hydrogen-bond acceptors (Lipinski definition) is 7. The van der Waals surface area contributed by atoms with Crippen molar-refractivity contribution in [2.75, 3.05) is 27.9 Å². The van der Waals surface area contributed by atoms with Gasteiger partial charge in [-0.25, -0.2) is 4.79 Å². The van der Waals surface area contributed by atoms with Crippen LogP contribution in [-0.4, -0.2) is 60.2 Å². The van der Waals surface area contributed by atoms with Gasteiger partial charge in [0.15, 0.2) is 0 Å². The number of carbonyl (C=O) groups excluding carboxylic acids is 2. The first-order chi connectivity index (χ1) is 9.40. The molecule has 0 radical (unpaired) electrons. The Labute approximate surface area is 119 Å². The number of nitrogens with one attached hydrogen (secondary N) is 1. The van der Waals surface area contributed by atoms with Gasteiger partial charge in [-0.05, 0) is 6.92 Å². The Morgan fingerprint density at radius 3 is 2.20 bits per heavy atom. The zero-order valence-corrected chi connectivity index (χ0v) is 13.2. The minimum absolute atomic E-state index is 0.265. The summed E-state index contributed by atoms with van der Waals surface area (Å²) in [4.78, 5) is 23.8. The van der Waals surface area contributed by atoms with Gasteiger partial charge in [0.05, 0.1) is 6.04 Å². The van der Waals surface area contributed by atoms with Crippen molar-refractivity contribution in [3.63, 3.8) is 0 Å². The Bertz CT molecular complexity index is 387. The first-order valence-electron chi connectivity index (χ1n) is 6.19. The minimum atomic E-state index is -3.34. The monoisotopic (exact) mass is 303 g/mol. The zero-order valence-electron chi connectivity index (χ0n) is 12.2. The Kier molecular flexibility index (Phi) is 6.02. The third-order valence-corrected chi connectivity index (χ3v) is 5.70. The van der Waals surface area contributed by atoms with Gasteiger partial charge in [0.2, 0.25) is 5.41 Å². The second-order valence-corrected chi connectivity index (χ2v) is 7.37. The fourth-order valence-electron chi connectivity index (χ4n) is 2.01. The van der Waals surface area contributed by atoms with E-state index in [4.69, 9.17) is 18.0 Å². The molecule has 2 atom stereocenters. The van der Waals surface area contributed by atoms with Gasteiger partial charge in [-0.15, -0.1) is 0 Å². The molecule has 1 heterocycles. The van der Waals surface area contributed by atoms with Crippen LogP contribution in [0, 0.1) is 0 Å². The Morgan fingerprint density at radius 1 is 1.20 bits per heavy atom. The third-order valence-electron chi connectivity index (χ3n) is 3.14. The molecule has 0 aromatic carbocycles. The molecule has 0 aliphatic carbocycles. The van der Waals surface area contributed by atoms with E-state index < -0.39 is 20.8 Å². The van der Waals surface area contributed by atoms with Crippen molar-refractivity contribution in [3.8, 4) is 0 Å². The lowest BCUT2D eigenvalue weighted by Gasteiger charge is -2.25. The van der Waals surface area contributed by atoms with Crippen LogP contribution in [0.15, 0.2) is 12.2 Å². The fourth-order valence-corrected chi connectivity index (χ4v) is 3.76. The molecule has 7 nitrogen and oxygen atoms in total. The van der Waals surface area contributed by atoms with Crippen LogP contribution in [0.2, 0.25) is 0 Å². The maximum Gasteiger partial charge on any atom is 0.575 e. The first-order valence-corrected chi connectivity index (χ1v) is 7.92. The molecule has 1 aliphatic heterocycles. The lowest BCUT2D eigenvalue weighted by atomic mass is 10.2. The highest BCUT2D eigenvalue weighted by molar-refractivity contribution is 6.93. The molecule has 0 bridgehead atoms. The van der Waals surface area contributed by atoms with E-state index in [1.807, 2.05) is 0 Å². The number of hydrogen-bond donors (Lipinski definition) is 1. The molecule has 20 heavy (non-hydrogen) atoms. The SMILES string of the molecule is C=C(C)C(=O)OC1CN[C@H](C(=O)[Si](OC)(OC)OC)C1. The van der Waals surface area contributed by atoms with E-state index in [0.717, 1.165) is 0 Å². The molecule has 0 aromatic rings. The van der Waals surface area contributed by atoms with E-state index >= 15 is 0 Å². The lowest BCUT2D eigenvalue weighted by Crippen LogP contribution is -2.57. The first kappa shape index (κ1) is 17.0. The number of esters is 1. The van der Waals surface area contributed by atoms with Crippen LogP contribution in [0.5, 0.6) is 0 Å². The van der Waals surface area contributed by atoms with Crippen molar-refractivity contribution in [2.45, 2.75) is 25.5 Å². The summed E-state index contributed by atoms with van der Waals surface area (Å²) >= 11 is 0. The van der Waals surface area contributed by atoms with Crippen molar-refractivity contribution in [2.24, 2.45) is 0 Å².